The fraction of sp³-hybridized carbons (Fsp3) is 0.263. The van der Waals surface area contributed by atoms with Crippen molar-refractivity contribution in [3.8, 4) is 0 Å². The smallest absolute Gasteiger partial charge is 0.272 e. The third-order valence-electron chi connectivity index (χ3n) is 4.66. The van der Waals surface area contributed by atoms with Crippen LogP contribution in [0.5, 0.6) is 0 Å². The van der Waals surface area contributed by atoms with Crippen molar-refractivity contribution in [3.05, 3.63) is 52.8 Å². The molecule has 0 saturated carbocycles. The zero-order chi connectivity index (χ0) is 18.1. The van der Waals surface area contributed by atoms with Crippen LogP contribution in [0.25, 0.3) is 10.9 Å². The predicted octanol–water partition coefficient (Wildman–Crippen LogP) is 3.33. The van der Waals surface area contributed by atoms with Crippen LogP contribution < -0.4 is 10.2 Å². The Kier molecular flexibility index (Phi) is 4.65. The lowest BCUT2D eigenvalue weighted by Crippen LogP contribution is -2.44. The number of rotatable bonds is 3. The molecule has 1 saturated heterocycles. The number of hydrogen-bond acceptors (Lipinski definition) is 4. The minimum absolute atomic E-state index is 0.175. The Balaban J connectivity index is 1.45. The van der Waals surface area contributed by atoms with Gasteiger partial charge in [-0.25, -0.2) is 4.98 Å². The molecule has 26 heavy (non-hydrogen) atoms. The Hall–Kier alpha value is -2.38. The number of piperazine rings is 1. The van der Waals surface area contributed by atoms with Gasteiger partial charge in [0.15, 0.2) is 0 Å². The van der Waals surface area contributed by atoms with Crippen molar-refractivity contribution >= 4 is 44.2 Å². The highest BCUT2D eigenvalue weighted by Gasteiger charge is 2.15. The van der Waals surface area contributed by atoms with Gasteiger partial charge in [-0.3, -0.25) is 4.79 Å². The molecule has 4 rings (SSSR count). The number of H-pyrrole nitrogens is 1. The summed E-state index contributed by atoms with van der Waals surface area (Å²) in [5.41, 5.74) is 2.15. The molecule has 0 atom stereocenters. The van der Waals surface area contributed by atoms with Gasteiger partial charge in [-0.05, 0) is 43.4 Å². The molecule has 134 valence electrons. The Morgan fingerprint density at radius 2 is 1.96 bits per heavy atom. The summed E-state index contributed by atoms with van der Waals surface area (Å²) in [6, 6.07) is 11.6. The number of halogens is 1. The van der Waals surface area contributed by atoms with Crippen molar-refractivity contribution in [2.75, 3.05) is 43.4 Å². The number of carbonyl (C=O) groups is 1. The van der Waals surface area contributed by atoms with E-state index >= 15 is 0 Å². The topological polar surface area (TPSA) is 64.3 Å². The monoisotopic (exact) mass is 413 g/mol. The molecule has 2 aromatic heterocycles. The summed E-state index contributed by atoms with van der Waals surface area (Å²) in [7, 11) is 2.13. The minimum Gasteiger partial charge on any atom is -0.354 e. The fourth-order valence-corrected chi connectivity index (χ4v) is 3.49. The molecule has 6 nitrogen and oxygen atoms in total. The van der Waals surface area contributed by atoms with Crippen LogP contribution >= 0.6 is 15.9 Å². The standard InChI is InChI=1S/C19H20BrN5O/c1-24-6-8-25(9-7-24)18-5-3-15(12-21-18)22-19(26)17-11-13-10-14(20)2-4-16(13)23-17/h2-5,10-12,23H,6-9H2,1H3,(H,22,26). The van der Waals surface area contributed by atoms with Crippen LogP contribution in [0, 0.1) is 0 Å². The number of aromatic nitrogens is 2. The van der Waals surface area contributed by atoms with Crippen LogP contribution in [0.2, 0.25) is 0 Å². The average molecular weight is 414 g/mol. The lowest BCUT2D eigenvalue weighted by molar-refractivity contribution is 0.102. The Bertz CT molecular complexity index is 929. The number of amides is 1. The van der Waals surface area contributed by atoms with Gasteiger partial charge in [-0.2, -0.15) is 0 Å². The van der Waals surface area contributed by atoms with Gasteiger partial charge in [0.05, 0.1) is 11.9 Å². The van der Waals surface area contributed by atoms with Crippen LogP contribution in [0.1, 0.15) is 10.5 Å². The largest absolute Gasteiger partial charge is 0.354 e. The minimum atomic E-state index is -0.175. The first kappa shape index (κ1) is 17.1. The molecule has 1 aliphatic heterocycles. The number of fused-ring (bicyclic) bond motifs is 1. The zero-order valence-electron chi connectivity index (χ0n) is 14.5. The maximum Gasteiger partial charge on any atom is 0.272 e. The molecule has 2 N–H and O–H groups in total. The highest BCUT2D eigenvalue weighted by molar-refractivity contribution is 9.10. The van der Waals surface area contributed by atoms with Gasteiger partial charge in [0, 0.05) is 41.6 Å². The molecule has 1 aromatic carbocycles. The molecule has 3 aromatic rings. The van der Waals surface area contributed by atoms with E-state index in [-0.39, 0.29) is 5.91 Å². The van der Waals surface area contributed by atoms with Gasteiger partial charge in [-0.1, -0.05) is 15.9 Å². The van der Waals surface area contributed by atoms with E-state index in [1.807, 2.05) is 36.4 Å². The average Bonchev–Trinajstić information content (AvgIpc) is 3.06. The Morgan fingerprint density at radius 1 is 1.15 bits per heavy atom. The number of benzene rings is 1. The van der Waals surface area contributed by atoms with Gasteiger partial charge in [-0.15, -0.1) is 0 Å². The first-order chi connectivity index (χ1) is 12.6. The summed E-state index contributed by atoms with van der Waals surface area (Å²) in [6.45, 7) is 4.02. The third kappa shape index (κ3) is 3.59. The summed E-state index contributed by atoms with van der Waals surface area (Å²) >= 11 is 3.45. The quantitative estimate of drug-likeness (QED) is 0.690. The molecule has 0 radical (unpaired) electrons. The second-order valence-electron chi connectivity index (χ2n) is 6.56. The maximum absolute atomic E-state index is 12.5. The molecule has 0 aliphatic carbocycles. The molecule has 0 unspecified atom stereocenters. The van der Waals surface area contributed by atoms with E-state index in [2.05, 4.69) is 48.1 Å². The van der Waals surface area contributed by atoms with Crippen molar-refractivity contribution < 1.29 is 4.79 Å². The Morgan fingerprint density at radius 3 is 2.69 bits per heavy atom. The van der Waals surface area contributed by atoms with Crippen molar-refractivity contribution in [2.24, 2.45) is 0 Å². The van der Waals surface area contributed by atoms with Gasteiger partial charge in [0.2, 0.25) is 0 Å². The van der Waals surface area contributed by atoms with Crippen LogP contribution in [0.4, 0.5) is 11.5 Å². The van der Waals surface area contributed by atoms with Crippen molar-refractivity contribution in [1.29, 1.82) is 0 Å². The number of anilines is 2. The van der Waals surface area contributed by atoms with Crippen molar-refractivity contribution in [3.63, 3.8) is 0 Å². The van der Waals surface area contributed by atoms with E-state index in [4.69, 9.17) is 0 Å². The highest BCUT2D eigenvalue weighted by atomic mass is 79.9. The second-order valence-corrected chi connectivity index (χ2v) is 7.48. The normalized spacial score (nSPS) is 15.4. The maximum atomic E-state index is 12.5. The lowest BCUT2D eigenvalue weighted by atomic mass is 10.2. The van der Waals surface area contributed by atoms with Gasteiger partial charge in [0.1, 0.15) is 11.5 Å². The van der Waals surface area contributed by atoms with E-state index in [0.29, 0.717) is 11.4 Å². The van der Waals surface area contributed by atoms with Crippen molar-refractivity contribution in [2.45, 2.75) is 0 Å². The number of pyridine rings is 1. The summed E-state index contributed by atoms with van der Waals surface area (Å²) in [4.78, 5) is 24.7. The van der Waals surface area contributed by atoms with Gasteiger partial charge < -0.3 is 20.1 Å². The first-order valence-electron chi connectivity index (χ1n) is 8.58. The van der Waals surface area contributed by atoms with E-state index < -0.39 is 0 Å². The molecule has 7 heteroatoms. The second kappa shape index (κ2) is 7.09. The van der Waals surface area contributed by atoms with E-state index in [0.717, 1.165) is 47.4 Å². The number of carbonyl (C=O) groups excluding carboxylic acids is 1. The molecule has 1 amide bonds. The molecule has 0 spiro atoms. The van der Waals surface area contributed by atoms with Crippen molar-refractivity contribution in [1.82, 2.24) is 14.9 Å². The SMILES string of the molecule is CN1CCN(c2ccc(NC(=O)c3cc4cc(Br)ccc4[nH]3)cn2)CC1. The lowest BCUT2D eigenvalue weighted by Gasteiger charge is -2.33. The summed E-state index contributed by atoms with van der Waals surface area (Å²) in [5.74, 6) is 0.776. The molecule has 3 heterocycles. The fourth-order valence-electron chi connectivity index (χ4n) is 3.11. The summed E-state index contributed by atoms with van der Waals surface area (Å²) < 4.78 is 0.986. The number of nitrogens with one attached hydrogen (secondary N) is 2. The molecule has 1 fully saturated rings. The van der Waals surface area contributed by atoms with Crippen LogP contribution in [0.3, 0.4) is 0 Å². The van der Waals surface area contributed by atoms with E-state index in [9.17, 15) is 4.79 Å². The highest BCUT2D eigenvalue weighted by Crippen LogP contribution is 2.21. The van der Waals surface area contributed by atoms with Crippen LogP contribution in [-0.4, -0.2) is 54.0 Å². The number of nitrogens with zero attached hydrogens (tertiary/aromatic N) is 3. The predicted molar refractivity (Wildman–Crippen MR) is 108 cm³/mol. The molecular formula is C19H20BrN5O. The molecular weight excluding hydrogens is 394 g/mol. The molecule has 1 aliphatic rings. The van der Waals surface area contributed by atoms with E-state index in [1.54, 1.807) is 6.20 Å². The van der Waals surface area contributed by atoms with Crippen LogP contribution in [0.15, 0.2) is 47.1 Å². The molecule has 0 bridgehead atoms. The summed E-state index contributed by atoms with van der Waals surface area (Å²) in [5, 5.41) is 3.89. The van der Waals surface area contributed by atoms with E-state index in [1.165, 1.54) is 0 Å². The third-order valence-corrected chi connectivity index (χ3v) is 5.15. The zero-order valence-corrected chi connectivity index (χ0v) is 16.1. The number of aromatic amines is 1. The van der Waals surface area contributed by atoms with Gasteiger partial charge in [0.25, 0.3) is 5.91 Å². The van der Waals surface area contributed by atoms with Crippen LogP contribution in [-0.2, 0) is 0 Å². The summed E-state index contributed by atoms with van der Waals surface area (Å²) in [6.07, 6.45) is 1.71. The number of hydrogen-bond donors (Lipinski definition) is 2. The number of likely N-dealkylation sites (N-methyl/N-ethyl adjacent to an activating group) is 1. The Labute approximate surface area is 160 Å². The first-order valence-corrected chi connectivity index (χ1v) is 9.37. The van der Waals surface area contributed by atoms with Gasteiger partial charge >= 0.3 is 0 Å².